The molecule has 0 aliphatic carbocycles. The molecule has 0 amide bonds. The molecular weight excluding hydrogens is 252 g/mol. The highest BCUT2D eigenvalue weighted by Gasteiger charge is 2.21. The minimum absolute atomic E-state index is 0.537. The fraction of sp³-hybridized carbons (Fsp3) is 0.571. The Morgan fingerprint density at radius 1 is 1.25 bits per heavy atom. The van der Waals surface area contributed by atoms with Crippen molar-refractivity contribution < 1.29 is 0 Å². The Balaban J connectivity index is 1.78. The lowest BCUT2D eigenvalue weighted by Gasteiger charge is -2.36. The van der Waals surface area contributed by atoms with Gasteiger partial charge in [-0.25, -0.2) is 9.97 Å². The van der Waals surface area contributed by atoms with Gasteiger partial charge in [-0.05, 0) is 5.92 Å². The molecule has 2 aromatic rings. The van der Waals surface area contributed by atoms with Crippen LogP contribution >= 0.6 is 0 Å². The number of imidazole rings is 1. The van der Waals surface area contributed by atoms with Crippen molar-refractivity contribution in [3.8, 4) is 0 Å². The predicted octanol–water partition coefficient (Wildman–Crippen LogP) is 1.09. The Hall–Kier alpha value is -1.82. The second kappa shape index (κ2) is 5.28. The van der Waals surface area contributed by atoms with E-state index < -0.39 is 0 Å². The standard InChI is InChI=1S/C14H22N6/c1-11(2)9-18-5-7-19(8-6-18)14-13-16-3-4-20(13)10-12(15)17-14/h3-4,10-11H,5-9,15H2,1-2H3. The van der Waals surface area contributed by atoms with Crippen LogP contribution in [0.5, 0.6) is 0 Å². The van der Waals surface area contributed by atoms with E-state index in [0.717, 1.165) is 44.2 Å². The molecule has 6 nitrogen and oxygen atoms in total. The van der Waals surface area contributed by atoms with E-state index in [2.05, 4.69) is 33.6 Å². The maximum absolute atomic E-state index is 5.89. The summed E-state index contributed by atoms with van der Waals surface area (Å²) in [5.41, 5.74) is 6.77. The quantitative estimate of drug-likeness (QED) is 0.908. The minimum Gasteiger partial charge on any atom is -0.382 e. The van der Waals surface area contributed by atoms with Crippen LogP contribution < -0.4 is 10.6 Å². The molecule has 0 atom stereocenters. The van der Waals surface area contributed by atoms with Gasteiger partial charge in [-0.3, -0.25) is 4.90 Å². The van der Waals surface area contributed by atoms with Crippen LogP contribution in [0.25, 0.3) is 5.65 Å². The SMILES string of the molecule is CC(C)CN1CCN(c2nc(N)cn3ccnc23)CC1. The van der Waals surface area contributed by atoms with Crippen molar-refractivity contribution in [2.75, 3.05) is 43.4 Å². The summed E-state index contributed by atoms with van der Waals surface area (Å²) in [4.78, 5) is 13.7. The molecule has 108 valence electrons. The molecule has 0 radical (unpaired) electrons. The van der Waals surface area contributed by atoms with Gasteiger partial charge in [0.15, 0.2) is 11.5 Å². The van der Waals surface area contributed by atoms with Gasteiger partial charge in [-0.2, -0.15) is 0 Å². The van der Waals surface area contributed by atoms with Gasteiger partial charge in [0, 0.05) is 45.1 Å². The van der Waals surface area contributed by atoms with Gasteiger partial charge >= 0.3 is 0 Å². The third-order valence-electron chi connectivity index (χ3n) is 3.67. The number of aromatic nitrogens is 3. The number of nitrogens with zero attached hydrogens (tertiary/aromatic N) is 5. The molecule has 3 heterocycles. The van der Waals surface area contributed by atoms with Crippen molar-refractivity contribution in [2.24, 2.45) is 5.92 Å². The summed E-state index contributed by atoms with van der Waals surface area (Å²) in [7, 11) is 0. The number of hydrogen-bond donors (Lipinski definition) is 1. The third kappa shape index (κ3) is 2.56. The van der Waals surface area contributed by atoms with E-state index in [-0.39, 0.29) is 0 Å². The smallest absolute Gasteiger partial charge is 0.180 e. The highest BCUT2D eigenvalue weighted by molar-refractivity contribution is 5.66. The number of nitrogen functional groups attached to an aromatic ring is 1. The van der Waals surface area contributed by atoms with Crippen molar-refractivity contribution >= 4 is 17.3 Å². The van der Waals surface area contributed by atoms with Crippen LogP contribution in [0, 0.1) is 5.92 Å². The van der Waals surface area contributed by atoms with E-state index >= 15 is 0 Å². The van der Waals surface area contributed by atoms with Crippen molar-refractivity contribution in [1.29, 1.82) is 0 Å². The van der Waals surface area contributed by atoms with Crippen LogP contribution in [-0.2, 0) is 0 Å². The van der Waals surface area contributed by atoms with Crippen molar-refractivity contribution in [3.05, 3.63) is 18.6 Å². The highest BCUT2D eigenvalue weighted by Crippen LogP contribution is 2.21. The van der Waals surface area contributed by atoms with E-state index in [1.807, 2.05) is 10.6 Å². The Morgan fingerprint density at radius 2 is 2.00 bits per heavy atom. The van der Waals surface area contributed by atoms with Crippen LogP contribution in [0.15, 0.2) is 18.6 Å². The van der Waals surface area contributed by atoms with Crippen LogP contribution in [-0.4, -0.2) is 52.0 Å². The van der Waals surface area contributed by atoms with Crippen LogP contribution in [0.1, 0.15) is 13.8 Å². The summed E-state index contributed by atoms with van der Waals surface area (Å²) < 4.78 is 1.94. The lowest BCUT2D eigenvalue weighted by atomic mass is 10.2. The molecule has 0 unspecified atom stereocenters. The minimum atomic E-state index is 0.537. The summed E-state index contributed by atoms with van der Waals surface area (Å²) >= 11 is 0. The zero-order chi connectivity index (χ0) is 14.1. The molecule has 0 bridgehead atoms. The molecule has 20 heavy (non-hydrogen) atoms. The summed E-state index contributed by atoms with van der Waals surface area (Å²) in [6, 6.07) is 0. The zero-order valence-electron chi connectivity index (χ0n) is 12.2. The second-order valence-electron chi connectivity index (χ2n) is 5.83. The first-order valence-electron chi connectivity index (χ1n) is 7.20. The van der Waals surface area contributed by atoms with Gasteiger partial charge in [0.2, 0.25) is 0 Å². The molecular formula is C14H22N6. The number of anilines is 2. The van der Waals surface area contributed by atoms with Gasteiger partial charge in [-0.1, -0.05) is 13.8 Å². The van der Waals surface area contributed by atoms with E-state index in [0.29, 0.717) is 11.7 Å². The second-order valence-corrected chi connectivity index (χ2v) is 5.83. The number of fused-ring (bicyclic) bond motifs is 1. The lowest BCUT2D eigenvalue weighted by Crippen LogP contribution is -2.47. The molecule has 0 spiro atoms. The van der Waals surface area contributed by atoms with E-state index in [1.165, 1.54) is 0 Å². The molecule has 0 saturated carbocycles. The number of hydrogen-bond acceptors (Lipinski definition) is 5. The van der Waals surface area contributed by atoms with Gasteiger partial charge < -0.3 is 15.0 Å². The monoisotopic (exact) mass is 274 g/mol. The van der Waals surface area contributed by atoms with Gasteiger partial charge in [0.05, 0.1) is 6.20 Å². The number of rotatable bonds is 3. The van der Waals surface area contributed by atoms with Gasteiger partial charge in [0.25, 0.3) is 0 Å². The molecule has 1 aliphatic heterocycles. The highest BCUT2D eigenvalue weighted by atomic mass is 15.3. The number of nitrogens with two attached hydrogens (primary N) is 1. The maximum atomic E-state index is 5.89. The van der Waals surface area contributed by atoms with Gasteiger partial charge in [0.1, 0.15) is 5.82 Å². The molecule has 1 fully saturated rings. The average Bonchev–Trinajstić information content (AvgIpc) is 2.86. The fourth-order valence-corrected chi connectivity index (χ4v) is 2.80. The Morgan fingerprint density at radius 3 is 2.70 bits per heavy atom. The molecule has 2 N–H and O–H groups in total. The molecule has 6 heteroatoms. The molecule has 1 aliphatic rings. The van der Waals surface area contributed by atoms with Crippen LogP contribution in [0.4, 0.5) is 11.6 Å². The lowest BCUT2D eigenvalue weighted by molar-refractivity contribution is 0.231. The van der Waals surface area contributed by atoms with E-state index in [1.54, 1.807) is 12.4 Å². The van der Waals surface area contributed by atoms with E-state index in [9.17, 15) is 0 Å². The van der Waals surface area contributed by atoms with Crippen molar-refractivity contribution in [1.82, 2.24) is 19.3 Å². The first kappa shape index (κ1) is 13.2. The third-order valence-corrected chi connectivity index (χ3v) is 3.67. The Kier molecular flexibility index (Phi) is 3.48. The topological polar surface area (TPSA) is 62.7 Å². The summed E-state index contributed by atoms with van der Waals surface area (Å²) in [6.45, 7) is 9.79. The summed E-state index contributed by atoms with van der Waals surface area (Å²) in [5.74, 6) is 2.15. The molecule has 0 aromatic carbocycles. The fourth-order valence-electron chi connectivity index (χ4n) is 2.80. The Labute approximate surface area is 119 Å². The maximum Gasteiger partial charge on any atom is 0.180 e. The first-order chi connectivity index (χ1) is 9.63. The molecule has 1 saturated heterocycles. The predicted molar refractivity (Wildman–Crippen MR) is 80.9 cm³/mol. The molecule has 2 aromatic heterocycles. The average molecular weight is 274 g/mol. The number of piperazine rings is 1. The zero-order valence-corrected chi connectivity index (χ0v) is 12.2. The summed E-state index contributed by atoms with van der Waals surface area (Å²) in [6.07, 6.45) is 5.50. The first-order valence-corrected chi connectivity index (χ1v) is 7.20. The van der Waals surface area contributed by atoms with Gasteiger partial charge in [-0.15, -0.1) is 0 Å². The summed E-state index contributed by atoms with van der Waals surface area (Å²) in [5, 5.41) is 0. The molecule has 3 rings (SSSR count). The largest absolute Gasteiger partial charge is 0.382 e. The van der Waals surface area contributed by atoms with Crippen molar-refractivity contribution in [2.45, 2.75) is 13.8 Å². The normalized spacial score (nSPS) is 17.2. The van der Waals surface area contributed by atoms with Crippen molar-refractivity contribution in [3.63, 3.8) is 0 Å². The Bertz CT molecular complexity index is 582. The van der Waals surface area contributed by atoms with Crippen LogP contribution in [0.3, 0.4) is 0 Å². The van der Waals surface area contributed by atoms with Crippen LogP contribution in [0.2, 0.25) is 0 Å². The van der Waals surface area contributed by atoms with E-state index in [4.69, 9.17) is 5.73 Å².